The second-order valence-electron chi connectivity index (χ2n) is 13.1. The van der Waals surface area contributed by atoms with Crippen LogP contribution in [0.1, 0.15) is 62.6 Å². The van der Waals surface area contributed by atoms with E-state index >= 15 is 0 Å². The maximum atomic E-state index is 14.5. The van der Waals surface area contributed by atoms with Gasteiger partial charge in [0.05, 0.1) is 25.3 Å². The van der Waals surface area contributed by atoms with Crippen molar-refractivity contribution in [2.24, 2.45) is 0 Å². The maximum Gasteiger partial charge on any atom is 0.337 e. The zero-order valence-electron chi connectivity index (χ0n) is 29.0. The molecule has 3 atom stereocenters. The Hall–Kier alpha value is -5.48. The zero-order chi connectivity index (χ0) is 35.7. The van der Waals surface area contributed by atoms with Crippen molar-refractivity contribution in [2.45, 2.75) is 63.4 Å². The molecule has 264 valence electrons. The van der Waals surface area contributed by atoms with Crippen molar-refractivity contribution in [3.63, 3.8) is 0 Å². The Morgan fingerprint density at radius 3 is 2.25 bits per heavy atom. The Morgan fingerprint density at radius 2 is 1.53 bits per heavy atom. The molecule has 3 unspecified atom stereocenters. The fraction of sp³-hybridized carbons (Fsp3) is 0.317. The quantitative estimate of drug-likeness (QED) is 0.188. The lowest BCUT2D eigenvalue weighted by Crippen LogP contribution is -2.59. The zero-order valence-corrected chi connectivity index (χ0v) is 29.0. The topological polar surface area (TPSA) is 126 Å². The van der Waals surface area contributed by atoms with E-state index in [1.165, 1.54) is 12.7 Å². The van der Waals surface area contributed by atoms with Gasteiger partial charge in [-0.15, -0.1) is 0 Å². The lowest BCUT2D eigenvalue weighted by Gasteiger charge is -2.39. The first-order valence-electron chi connectivity index (χ1n) is 17.4. The molecular formula is C41H44N4O6. The van der Waals surface area contributed by atoms with E-state index in [0.29, 0.717) is 24.3 Å². The minimum absolute atomic E-state index is 0.0466. The maximum absolute atomic E-state index is 14.5. The summed E-state index contributed by atoms with van der Waals surface area (Å²) in [6.07, 6.45) is 3.41. The highest BCUT2D eigenvalue weighted by atomic mass is 16.5. The van der Waals surface area contributed by atoms with Crippen molar-refractivity contribution in [1.29, 1.82) is 0 Å². The molecule has 10 heteroatoms. The number of rotatable bonds is 12. The minimum atomic E-state index is -0.901. The van der Waals surface area contributed by atoms with Crippen molar-refractivity contribution in [3.05, 3.63) is 136 Å². The SMILES string of the molecule is CNCC(=O)NC(Cc1ccc(OCc2ccc(C(=O)OC)cc2)cc1)C(=O)N1Cc2ccccc2CC1C(=O)NC1CCCc2ccccc21. The molecule has 1 aliphatic heterocycles. The standard InChI is InChI=1S/C41H44N4O6/c1-42-24-38(46)43-36(22-27-16-20-33(21-17-27)51-26-28-14-18-30(19-15-28)41(49)50-2)40(48)45-25-32-10-4-3-9-31(32)23-37(45)39(47)44-35-13-7-11-29-8-5-6-12-34(29)35/h3-6,8-10,12,14-21,35-37,42H,7,11,13,22-26H2,1-2H3,(H,43,46)(H,44,47). The van der Waals surface area contributed by atoms with Crippen LogP contribution in [0.3, 0.4) is 0 Å². The molecule has 4 aromatic carbocycles. The van der Waals surface area contributed by atoms with Crippen molar-refractivity contribution < 1.29 is 28.7 Å². The number of fused-ring (bicyclic) bond motifs is 2. The Labute approximate surface area is 298 Å². The molecule has 0 fully saturated rings. The van der Waals surface area contributed by atoms with E-state index in [4.69, 9.17) is 9.47 Å². The number of hydrogen-bond donors (Lipinski definition) is 3. The molecule has 6 rings (SSSR count). The van der Waals surface area contributed by atoms with Crippen LogP contribution in [0, 0.1) is 0 Å². The number of amides is 3. The predicted octanol–water partition coefficient (Wildman–Crippen LogP) is 4.45. The Bertz CT molecular complexity index is 1860. The number of likely N-dealkylation sites (N-methyl/N-ethyl adjacent to an activating group) is 1. The number of esters is 1. The van der Waals surface area contributed by atoms with E-state index < -0.39 is 18.1 Å². The molecule has 0 saturated carbocycles. The second-order valence-corrected chi connectivity index (χ2v) is 13.1. The van der Waals surface area contributed by atoms with Crippen LogP contribution in [0.5, 0.6) is 5.75 Å². The molecule has 0 spiro atoms. The molecule has 51 heavy (non-hydrogen) atoms. The fourth-order valence-corrected chi connectivity index (χ4v) is 6.95. The highest BCUT2D eigenvalue weighted by Crippen LogP contribution is 2.31. The summed E-state index contributed by atoms with van der Waals surface area (Å²) in [4.78, 5) is 54.9. The van der Waals surface area contributed by atoms with Crippen molar-refractivity contribution in [3.8, 4) is 5.75 Å². The molecular weight excluding hydrogens is 644 g/mol. The van der Waals surface area contributed by atoms with Gasteiger partial charge in [0, 0.05) is 19.4 Å². The summed E-state index contributed by atoms with van der Waals surface area (Å²) < 4.78 is 10.7. The molecule has 0 saturated heterocycles. The number of nitrogens with one attached hydrogen (secondary N) is 3. The van der Waals surface area contributed by atoms with Crippen LogP contribution in [0.15, 0.2) is 97.1 Å². The molecule has 1 aliphatic carbocycles. The number of hydrogen-bond acceptors (Lipinski definition) is 7. The number of methoxy groups -OCH3 is 1. The van der Waals surface area contributed by atoms with Crippen LogP contribution in [0.2, 0.25) is 0 Å². The van der Waals surface area contributed by atoms with Gasteiger partial charge in [-0.1, -0.05) is 72.8 Å². The monoisotopic (exact) mass is 688 g/mol. The minimum Gasteiger partial charge on any atom is -0.489 e. The third kappa shape index (κ3) is 8.64. The van der Waals surface area contributed by atoms with Crippen LogP contribution in [-0.4, -0.2) is 61.4 Å². The molecule has 2 aliphatic rings. The number of carbonyl (C=O) groups excluding carboxylic acids is 4. The van der Waals surface area contributed by atoms with E-state index in [1.54, 1.807) is 24.1 Å². The molecule has 0 aromatic heterocycles. The Morgan fingerprint density at radius 1 is 0.843 bits per heavy atom. The normalized spacial score (nSPS) is 16.9. The third-order valence-electron chi connectivity index (χ3n) is 9.63. The third-order valence-corrected chi connectivity index (χ3v) is 9.63. The first kappa shape index (κ1) is 35.3. The van der Waals surface area contributed by atoms with E-state index in [0.717, 1.165) is 47.1 Å². The van der Waals surface area contributed by atoms with Crippen LogP contribution in [-0.2, 0) is 51.5 Å². The molecule has 1 heterocycles. The fourth-order valence-electron chi connectivity index (χ4n) is 6.95. The number of carbonyl (C=O) groups is 4. The molecule has 4 aromatic rings. The van der Waals surface area contributed by atoms with Crippen LogP contribution < -0.4 is 20.7 Å². The van der Waals surface area contributed by atoms with Crippen molar-refractivity contribution >= 4 is 23.7 Å². The van der Waals surface area contributed by atoms with Crippen LogP contribution >= 0.6 is 0 Å². The van der Waals surface area contributed by atoms with E-state index in [9.17, 15) is 19.2 Å². The van der Waals surface area contributed by atoms with Crippen LogP contribution in [0.4, 0.5) is 0 Å². The summed E-state index contributed by atoms with van der Waals surface area (Å²) in [5.74, 6) is -0.584. The summed E-state index contributed by atoms with van der Waals surface area (Å²) in [5.41, 5.74) is 6.58. The summed E-state index contributed by atoms with van der Waals surface area (Å²) in [5, 5.41) is 9.07. The molecule has 10 nitrogen and oxygen atoms in total. The molecule has 3 amide bonds. The lowest BCUT2D eigenvalue weighted by molar-refractivity contribution is -0.144. The number of benzene rings is 4. The van der Waals surface area contributed by atoms with Gasteiger partial charge < -0.3 is 30.3 Å². The summed E-state index contributed by atoms with van der Waals surface area (Å²) in [6, 6.07) is 28.8. The summed E-state index contributed by atoms with van der Waals surface area (Å²) >= 11 is 0. The van der Waals surface area contributed by atoms with Gasteiger partial charge >= 0.3 is 5.97 Å². The van der Waals surface area contributed by atoms with Gasteiger partial charge in [-0.25, -0.2) is 4.79 Å². The average molecular weight is 689 g/mol. The van der Waals surface area contributed by atoms with Crippen molar-refractivity contribution in [1.82, 2.24) is 20.9 Å². The van der Waals surface area contributed by atoms with E-state index in [2.05, 4.69) is 28.1 Å². The molecule has 3 N–H and O–H groups in total. The number of ether oxygens (including phenoxy) is 2. The van der Waals surface area contributed by atoms with Crippen LogP contribution in [0.25, 0.3) is 0 Å². The molecule has 0 bridgehead atoms. The smallest absolute Gasteiger partial charge is 0.337 e. The van der Waals surface area contributed by atoms with Gasteiger partial charge in [0.15, 0.2) is 0 Å². The number of nitrogens with zero attached hydrogens (tertiary/aromatic N) is 1. The first-order chi connectivity index (χ1) is 24.8. The van der Waals surface area contributed by atoms with Crippen molar-refractivity contribution in [2.75, 3.05) is 20.7 Å². The van der Waals surface area contributed by atoms with Gasteiger partial charge in [0.1, 0.15) is 24.4 Å². The molecule has 0 radical (unpaired) electrons. The summed E-state index contributed by atoms with van der Waals surface area (Å²) in [6.45, 7) is 0.611. The van der Waals surface area contributed by atoms with Gasteiger partial charge in [0.25, 0.3) is 0 Å². The first-order valence-corrected chi connectivity index (χ1v) is 17.4. The highest BCUT2D eigenvalue weighted by Gasteiger charge is 2.39. The second kappa shape index (κ2) is 16.5. The average Bonchev–Trinajstić information content (AvgIpc) is 3.16. The van der Waals surface area contributed by atoms with Gasteiger partial charge in [-0.3, -0.25) is 14.4 Å². The van der Waals surface area contributed by atoms with E-state index in [-0.39, 0.29) is 43.3 Å². The van der Waals surface area contributed by atoms with Gasteiger partial charge in [-0.05, 0) is 84.0 Å². The van der Waals surface area contributed by atoms with E-state index in [1.807, 2.05) is 72.8 Å². The summed E-state index contributed by atoms with van der Waals surface area (Å²) in [7, 11) is 3.02. The lowest BCUT2D eigenvalue weighted by atomic mass is 9.87. The predicted molar refractivity (Wildman–Crippen MR) is 193 cm³/mol. The van der Waals surface area contributed by atoms with Gasteiger partial charge in [0.2, 0.25) is 17.7 Å². The Balaban J connectivity index is 1.19. The Kier molecular flexibility index (Phi) is 11.4. The largest absolute Gasteiger partial charge is 0.489 e. The van der Waals surface area contributed by atoms with Gasteiger partial charge in [-0.2, -0.15) is 0 Å². The number of aryl methyl sites for hydroxylation is 1. The highest BCUT2D eigenvalue weighted by molar-refractivity contribution is 5.93.